The SMILES string of the molecule is CO[C@@H](CN(C)Cc1ccc2c(c1)OCO2)[C@H](C)CN(C(=O)Nc1ccc(F)cc1)[C@H](C)CO. The number of nitrogens with zero attached hydrogens (tertiary/aromatic N) is 2. The van der Waals surface area contributed by atoms with Gasteiger partial charge >= 0.3 is 6.03 Å². The number of nitrogens with one attached hydrogen (secondary N) is 1. The first-order valence-electron chi connectivity index (χ1n) is 11.3. The van der Waals surface area contributed by atoms with Crippen LogP contribution in [0.4, 0.5) is 14.9 Å². The molecule has 2 aromatic rings. The van der Waals surface area contributed by atoms with E-state index in [1.807, 2.05) is 32.2 Å². The van der Waals surface area contributed by atoms with E-state index in [-0.39, 0.29) is 37.3 Å². The number of aliphatic hydroxyl groups excluding tert-OH is 1. The number of anilines is 1. The standard InChI is InChI=1S/C25H34FN3O5/c1-17(12-29(18(2)15-30)25(31)27-21-8-6-20(26)7-9-21)24(32-4)14-28(3)13-19-5-10-22-23(11-19)34-16-33-22/h5-11,17-18,24,30H,12-16H2,1-4H3,(H,27,31)/t17-,18-,24+/m1/s1. The number of hydrogen-bond donors (Lipinski definition) is 2. The van der Waals surface area contributed by atoms with Gasteiger partial charge in [0.15, 0.2) is 11.5 Å². The van der Waals surface area contributed by atoms with Crippen molar-refractivity contribution in [1.29, 1.82) is 0 Å². The normalized spacial score (nSPS) is 15.1. The molecule has 0 aliphatic carbocycles. The molecule has 9 heteroatoms. The van der Waals surface area contributed by atoms with E-state index in [1.54, 1.807) is 18.9 Å². The fraction of sp³-hybridized carbons (Fsp3) is 0.480. The van der Waals surface area contributed by atoms with Crippen molar-refractivity contribution in [3.05, 3.63) is 53.8 Å². The molecule has 0 fully saturated rings. The molecular weight excluding hydrogens is 441 g/mol. The van der Waals surface area contributed by atoms with E-state index in [4.69, 9.17) is 14.2 Å². The highest BCUT2D eigenvalue weighted by Crippen LogP contribution is 2.32. The lowest BCUT2D eigenvalue weighted by Crippen LogP contribution is -2.48. The summed E-state index contributed by atoms with van der Waals surface area (Å²) in [5.74, 6) is 1.12. The second-order valence-corrected chi connectivity index (χ2v) is 8.76. The molecule has 2 N–H and O–H groups in total. The highest BCUT2D eigenvalue weighted by Gasteiger charge is 2.27. The highest BCUT2D eigenvalue weighted by atomic mass is 19.1. The van der Waals surface area contributed by atoms with Crippen LogP contribution in [0.5, 0.6) is 11.5 Å². The minimum atomic E-state index is -0.397. The summed E-state index contributed by atoms with van der Waals surface area (Å²) in [4.78, 5) is 16.7. The second kappa shape index (κ2) is 12.0. The van der Waals surface area contributed by atoms with Crippen LogP contribution in [0, 0.1) is 11.7 Å². The van der Waals surface area contributed by atoms with Crippen molar-refractivity contribution in [3.8, 4) is 11.5 Å². The summed E-state index contributed by atoms with van der Waals surface area (Å²) in [6.07, 6.45) is -0.147. The van der Waals surface area contributed by atoms with Crippen molar-refractivity contribution in [3.63, 3.8) is 0 Å². The maximum atomic E-state index is 13.2. The molecule has 0 bridgehead atoms. The molecule has 186 valence electrons. The number of halogens is 1. The lowest BCUT2D eigenvalue weighted by atomic mass is 10.0. The fourth-order valence-electron chi connectivity index (χ4n) is 3.93. The van der Waals surface area contributed by atoms with Crippen molar-refractivity contribution >= 4 is 11.7 Å². The van der Waals surface area contributed by atoms with E-state index in [0.717, 1.165) is 17.1 Å². The number of hydrogen-bond acceptors (Lipinski definition) is 6. The Morgan fingerprint density at radius 1 is 1.15 bits per heavy atom. The van der Waals surface area contributed by atoms with Crippen LogP contribution in [0.2, 0.25) is 0 Å². The summed E-state index contributed by atoms with van der Waals surface area (Å²) in [5.41, 5.74) is 1.59. The number of urea groups is 1. The first kappa shape index (κ1) is 25.7. The van der Waals surface area contributed by atoms with E-state index < -0.39 is 6.04 Å². The first-order valence-corrected chi connectivity index (χ1v) is 11.3. The molecule has 0 unspecified atom stereocenters. The number of carbonyl (C=O) groups excluding carboxylic acids is 1. The number of amides is 2. The largest absolute Gasteiger partial charge is 0.454 e. The topological polar surface area (TPSA) is 83.5 Å². The van der Waals surface area contributed by atoms with Gasteiger partial charge in [-0.15, -0.1) is 0 Å². The molecule has 2 aromatic carbocycles. The Bertz CT molecular complexity index is 943. The zero-order chi connectivity index (χ0) is 24.7. The molecule has 0 saturated heterocycles. The predicted molar refractivity (Wildman–Crippen MR) is 128 cm³/mol. The van der Waals surface area contributed by atoms with Gasteiger partial charge in [0.1, 0.15) is 5.82 Å². The Kier molecular flexibility index (Phi) is 9.09. The van der Waals surface area contributed by atoms with E-state index >= 15 is 0 Å². The van der Waals surface area contributed by atoms with Crippen LogP contribution in [0.15, 0.2) is 42.5 Å². The Labute approximate surface area is 200 Å². The number of fused-ring (bicyclic) bond motifs is 1. The van der Waals surface area contributed by atoms with Gasteiger partial charge in [-0.1, -0.05) is 13.0 Å². The van der Waals surface area contributed by atoms with Gasteiger partial charge in [0.05, 0.1) is 18.8 Å². The van der Waals surface area contributed by atoms with Gasteiger partial charge in [0.25, 0.3) is 0 Å². The Balaban J connectivity index is 1.59. The summed E-state index contributed by atoms with van der Waals surface area (Å²) in [6, 6.07) is 10.7. The predicted octanol–water partition coefficient (Wildman–Crippen LogP) is 3.55. The minimum absolute atomic E-state index is 0.0165. The lowest BCUT2D eigenvalue weighted by molar-refractivity contribution is 0.0177. The summed E-state index contributed by atoms with van der Waals surface area (Å²) in [5, 5.41) is 12.5. The molecule has 1 aliphatic heterocycles. The molecule has 3 atom stereocenters. The van der Waals surface area contributed by atoms with Gasteiger partial charge in [-0.05, 0) is 55.9 Å². The van der Waals surface area contributed by atoms with Gasteiger partial charge in [-0.3, -0.25) is 4.90 Å². The molecule has 1 aliphatic rings. The van der Waals surface area contributed by atoms with Crippen molar-refractivity contribution < 1.29 is 28.5 Å². The average Bonchev–Trinajstić information content (AvgIpc) is 3.29. The average molecular weight is 476 g/mol. The van der Waals surface area contributed by atoms with E-state index in [0.29, 0.717) is 25.3 Å². The quantitative estimate of drug-likeness (QED) is 0.517. The van der Waals surface area contributed by atoms with Crippen LogP contribution >= 0.6 is 0 Å². The van der Waals surface area contributed by atoms with Gasteiger partial charge < -0.3 is 29.5 Å². The molecule has 0 saturated carbocycles. The van der Waals surface area contributed by atoms with E-state index in [9.17, 15) is 14.3 Å². The number of carbonyl (C=O) groups is 1. The molecule has 3 rings (SSSR count). The molecular formula is C25H34FN3O5. The third-order valence-corrected chi connectivity index (χ3v) is 5.96. The van der Waals surface area contributed by atoms with Crippen molar-refractivity contribution in [2.45, 2.75) is 32.5 Å². The number of benzene rings is 2. The number of rotatable bonds is 11. The van der Waals surface area contributed by atoms with Gasteiger partial charge in [-0.2, -0.15) is 0 Å². The second-order valence-electron chi connectivity index (χ2n) is 8.76. The summed E-state index contributed by atoms with van der Waals surface area (Å²) in [7, 11) is 3.67. The Morgan fingerprint density at radius 2 is 1.85 bits per heavy atom. The number of methoxy groups -OCH3 is 1. The Hall–Kier alpha value is -2.88. The molecule has 1 heterocycles. The molecule has 2 amide bonds. The van der Waals surface area contributed by atoms with Crippen LogP contribution in [0.3, 0.4) is 0 Å². The Morgan fingerprint density at radius 3 is 2.53 bits per heavy atom. The molecule has 0 radical (unpaired) electrons. The fourth-order valence-corrected chi connectivity index (χ4v) is 3.93. The maximum Gasteiger partial charge on any atom is 0.322 e. The third kappa shape index (κ3) is 6.82. The van der Waals surface area contributed by atoms with Crippen LogP contribution in [0.1, 0.15) is 19.4 Å². The van der Waals surface area contributed by atoms with Crippen LogP contribution in [-0.2, 0) is 11.3 Å². The van der Waals surface area contributed by atoms with Crippen LogP contribution in [-0.4, -0.2) is 73.7 Å². The highest BCUT2D eigenvalue weighted by molar-refractivity contribution is 5.89. The van der Waals surface area contributed by atoms with Gasteiger partial charge in [0, 0.05) is 38.3 Å². The van der Waals surface area contributed by atoms with Crippen molar-refractivity contribution in [1.82, 2.24) is 9.80 Å². The lowest BCUT2D eigenvalue weighted by Gasteiger charge is -2.34. The van der Waals surface area contributed by atoms with E-state index in [1.165, 1.54) is 24.3 Å². The number of ether oxygens (including phenoxy) is 3. The molecule has 8 nitrogen and oxygen atoms in total. The number of aliphatic hydroxyl groups is 1. The van der Waals surface area contributed by atoms with E-state index in [2.05, 4.69) is 10.2 Å². The van der Waals surface area contributed by atoms with Crippen molar-refractivity contribution in [2.75, 3.05) is 46.0 Å². The summed E-state index contributed by atoms with van der Waals surface area (Å²) in [6.45, 7) is 5.60. The van der Waals surface area contributed by atoms with Gasteiger partial charge in [0.2, 0.25) is 6.79 Å². The third-order valence-electron chi connectivity index (χ3n) is 5.96. The molecule has 0 aromatic heterocycles. The first-order chi connectivity index (χ1) is 16.3. The number of likely N-dealkylation sites (N-methyl/N-ethyl adjacent to an activating group) is 1. The van der Waals surface area contributed by atoms with Crippen LogP contribution in [0.25, 0.3) is 0 Å². The molecule has 0 spiro atoms. The smallest absolute Gasteiger partial charge is 0.322 e. The summed E-state index contributed by atoms with van der Waals surface area (Å²) >= 11 is 0. The monoisotopic (exact) mass is 475 g/mol. The van der Waals surface area contributed by atoms with Gasteiger partial charge in [-0.25, -0.2) is 9.18 Å². The van der Waals surface area contributed by atoms with Crippen molar-refractivity contribution in [2.24, 2.45) is 5.92 Å². The minimum Gasteiger partial charge on any atom is -0.454 e. The zero-order valence-electron chi connectivity index (χ0n) is 20.2. The van der Waals surface area contributed by atoms with Crippen LogP contribution < -0.4 is 14.8 Å². The molecule has 34 heavy (non-hydrogen) atoms. The summed E-state index contributed by atoms with van der Waals surface area (Å²) < 4.78 is 29.8. The zero-order valence-corrected chi connectivity index (χ0v) is 20.2. The maximum absolute atomic E-state index is 13.2.